The first kappa shape index (κ1) is 23.3. The number of aryl methyl sites for hydroxylation is 1. The van der Waals surface area contributed by atoms with E-state index in [0.717, 1.165) is 13.0 Å². The molecule has 1 aliphatic rings. The van der Waals surface area contributed by atoms with Gasteiger partial charge in [-0.2, -0.15) is 0 Å². The summed E-state index contributed by atoms with van der Waals surface area (Å²) < 4.78 is 29.6. The van der Waals surface area contributed by atoms with E-state index in [9.17, 15) is 4.79 Å². The average Bonchev–Trinajstić information content (AvgIpc) is 3.12. The zero-order valence-electron chi connectivity index (χ0n) is 20.2. The van der Waals surface area contributed by atoms with Gasteiger partial charge in [0.25, 0.3) is 0 Å². The van der Waals surface area contributed by atoms with Crippen molar-refractivity contribution >= 4 is 21.9 Å². The SMILES string of the molecule is CN(C)CCCOc1ccc(-c2cc3c(cc2F)ncc2c3n(N3CCOCC3)c(=O)n2C)cn1. The molecule has 0 spiro atoms. The molecule has 4 heterocycles. The fourth-order valence-electron chi connectivity index (χ4n) is 4.42. The molecular weight excluding hydrogens is 451 g/mol. The number of hydrogen-bond acceptors (Lipinski definition) is 7. The third-order valence-corrected chi connectivity index (χ3v) is 6.27. The summed E-state index contributed by atoms with van der Waals surface area (Å²) in [5.41, 5.74) is 2.73. The summed E-state index contributed by atoms with van der Waals surface area (Å²) >= 11 is 0. The van der Waals surface area contributed by atoms with E-state index in [-0.39, 0.29) is 5.69 Å². The van der Waals surface area contributed by atoms with Crippen LogP contribution in [0.2, 0.25) is 0 Å². The van der Waals surface area contributed by atoms with Gasteiger partial charge in [-0.25, -0.2) is 18.8 Å². The molecule has 1 saturated heterocycles. The summed E-state index contributed by atoms with van der Waals surface area (Å²) in [6.07, 6.45) is 4.12. The third kappa shape index (κ3) is 4.46. The standard InChI is InChI=1S/C25H29FN6O3/c1-29(2)7-4-10-35-23-6-5-17(15-28-23)18-13-19-21(14-20(18)26)27-16-22-24(19)32(25(33)30(22)3)31-8-11-34-12-9-31/h5-6,13-16H,4,7-12H2,1-3H3. The van der Waals surface area contributed by atoms with E-state index in [0.29, 0.717) is 71.9 Å². The van der Waals surface area contributed by atoms with Crippen LogP contribution in [0.1, 0.15) is 6.42 Å². The van der Waals surface area contributed by atoms with Gasteiger partial charge in [0.05, 0.1) is 50.1 Å². The molecule has 1 aromatic carbocycles. The van der Waals surface area contributed by atoms with Crippen LogP contribution in [-0.4, -0.2) is 77.7 Å². The molecule has 0 amide bonds. The number of benzene rings is 1. The lowest BCUT2D eigenvalue weighted by molar-refractivity contribution is 0.111. The lowest BCUT2D eigenvalue weighted by Crippen LogP contribution is -2.48. The highest BCUT2D eigenvalue weighted by atomic mass is 19.1. The first-order valence-corrected chi connectivity index (χ1v) is 11.7. The number of morpholine rings is 1. The van der Waals surface area contributed by atoms with Gasteiger partial charge in [0, 0.05) is 48.4 Å². The number of halogens is 1. The maximum atomic E-state index is 15.2. The van der Waals surface area contributed by atoms with Crippen molar-refractivity contribution in [1.82, 2.24) is 24.1 Å². The van der Waals surface area contributed by atoms with Crippen molar-refractivity contribution in [2.45, 2.75) is 6.42 Å². The van der Waals surface area contributed by atoms with E-state index in [1.54, 1.807) is 46.9 Å². The molecule has 0 N–H and O–H groups in total. The second-order valence-corrected chi connectivity index (χ2v) is 8.95. The molecule has 9 nitrogen and oxygen atoms in total. The molecule has 184 valence electrons. The highest BCUT2D eigenvalue weighted by molar-refractivity contribution is 6.04. The van der Waals surface area contributed by atoms with E-state index in [4.69, 9.17) is 9.47 Å². The number of fused-ring (bicyclic) bond motifs is 3. The quantitative estimate of drug-likeness (QED) is 0.376. The Morgan fingerprint density at radius 3 is 2.66 bits per heavy atom. The Bertz CT molecular complexity index is 1410. The largest absolute Gasteiger partial charge is 0.478 e. The monoisotopic (exact) mass is 480 g/mol. The Balaban J connectivity index is 1.55. The Hall–Kier alpha value is -3.50. The van der Waals surface area contributed by atoms with Crippen LogP contribution in [0.25, 0.3) is 33.1 Å². The van der Waals surface area contributed by atoms with Crippen molar-refractivity contribution in [3.05, 3.63) is 53.0 Å². The van der Waals surface area contributed by atoms with Crippen LogP contribution in [-0.2, 0) is 11.8 Å². The van der Waals surface area contributed by atoms with Gasteiger partial charge in [-0.1, -0.05) is 0 Å². The predicted molar refractivity (Wildman–Crippen MR) is 133 cm³/mol. The molecule has 3 aromatic heterocycles. The molecule has 1 aliphatic heterocycles. The van der Waals surface area contributed by atoms with Crippen molar-refractivity contribution in [2.75, 3.05) is 58.6 Å². The lowest BCUT2D eigenvalue weighted by Gasteiger charge is -2.29. The first-order chi connectivity index (χ1) is 16.9. The number of rotatable bonds is 7. The number of imidazole rings is 1. The highest BCUT2D eigenvalue weighted by Gasteiger charge is 2.22. The maximum absolute atomic E-state index is 15.2. The zero-order valence-corrected chi connectivity index (χ0v) is 20.2. The summed E-state index contributed by atoms with van der Waals surface area (Å²) in [6.45, 7) is 3.76. The molecule has 0 atom stereocenters. The van der Waals surface area contributed by atoms with Crippen LogP contribution in [0.5, 0.6) is 5.88 Å². The molecular formula is C25H29FN6O3. The minimum atomic E-state index is -0.401. The van der Waals surface area contributed by atoms with Crippen LogP contribution < -0.4 is 15.4 Å². The van der Waals surface area contributed by atoms with Gasteiger partial charge >= 0.3 is 5.69 Å². The Kier molecular flexibility index (Phi) is 6.40. The van der Waals surface area contributed by atoms with Crippen LogP contribution in [0.15, 0.2) is 41.5 Å². The molecule has 0 saturated carbocycles. The van der Waals surface area contributed by atoms with E-state index in [1.165, 1.54) is 6.07 Å². The maximum Gasteiger partial charge on any atom is 0.347 e. The number of ether oxygens (including phenoxy) is 2. The second-order valence-electron chi connectivity index (χ2n) is 8.95. The van der Waals surface area contributed by atoms with Gasteiger partial charge in [0.15, 0.2) is 0 Å². The molecule has 0 radical (unpaired) electrons. The van der Waals surface area contributed by atoms with Gasteiger partial charge in [-0.15, -0.1) is 0 Å². The molecule has 0 bridgehead atoms. The fourth-order valence-corrected chi connectivity index (χ4v) is 4.42. The van der Waals surface area contributed by atoms with Gasteiger partial charge in [-0.3, -0.25) is 9.55 Å². The van der Waals surface area contributed by atoms with Crippen molar-refractivity contribution in [3.63, 3.8) is 0 Å². The third-order valence-electron chi connectivity index (χ3n) is 6.27. The number of aromatic nitrogens is 4. The lowest BCUT2D eigenvalue weighted by atomic mass is 10.0. The topological polar surface area (TPSA) is 77.7 Å². The zero-order chi connectivity index (χ0) is 24.5. The van der Waals surface area contributed by atoms with Gasteiger partial charge in [0.2, 0.25) is 5.88 Å². The van der Waals surface area contributed by atoms with Crippen molar-refractivity contribution in [1.29, 1.82) is 0 Å². The summed E-state index contributed by atoms with van der Waals surface area (Å²) in [7, 11) is 5.76. The summed E-state index contributed by atoms with van der Waals surface area (Å²) in [6, 6.07) is 6.72. The molecule has 5 rings (SSSR count). The number of hydrogen-bond donors (Lipinski definition) is 0. The second kappa shape index (κ2) is 9.63. The summed E-state index contributed by atoms with van der Waals surface area (Å²) in [5.74, 6) is 0.101. The van der Waals surface area contributed by atoms with E-state index < -0.39 is 5.82 Å². The van der Waals surface area contributed by atoms with E-state index in [2.05, 4.69) is 14.9 Å². The Labute approximate surface area is 202 Å². The molecule has 0 unspecified atom stereocenters. The van der Waals surface area contributed by atoms with Gasteiger partial charge in [-0.05, 0) is 32.6 Å². The molecule has 1 fully saturated rings. The minimum Gasteiger partial charge on any atom is -0.478 e. The summed E-state index contributed by atoms with van der Waals surface area (Å²) in [5, 5.41) is 2.67. The molecule has 35 heavy (non-hydrogen) atoms. The number of pyridine rings is 2. The normalized spacial score (nSPS) is 14.4. The van der Waals surface area contributed by atoms with E-state index >= 15 is 4.39 Å². The van der Waals surface area contributed by atoms with Gasteiger partial charge < -0.3 is 19.4 Å². The molecule has 0 aliphatic carbocycles. The highest BCUT2D eigenvalue weighted by Crippen LogP contribution is 2.31. The first-order valence-electron chi connectivity index (χ1n) is 11.7. The van der Waals surface area contributed by atoms with Crippen LogP contribution in [0.3, 0.4) is 0 Å². The Morgan fingerprint density at radius 2 is 1.94 bits per heavy atom. The van der Waals surface area contributed by atoms with Crippen LogP contribution >= 0.6 is 0 Å². The fraction of sp³-hybridized carbons (Fsp3) is 0.400. The van der Waals surface area contributed by atoms with Crippen molar-refractivity contribution < 1.29 is 13.9 Å². The Morgan fingerprint density at radius 1 is 1.14 bits per heavy atom. The van der Waals surface area contributed by atoms with Crippen LogP contribution in [0, 0.1) is 5.82 Å². The van der Waals surface area contributed by atoms with Crippen LogP contribution in [0.4, 0.5) is 4.39 Å². The van der Waals surface area contributed by atoms with E-state index in [1.807, 2.05) is 19.1 Å². The predicted octanol–water partition coefficient (Wildman–Crippen LogP) is 2.39. The molecule has 10 heteroatoms. The summed E-state index contributed by atoms with van der Waals surface area (Å²) in [4.78, 5) is 24.1. The number of nitrogens with zero attached hydrogens (tertiary/aromatic N) is 6. The van der Waals surface area contributed by atoms with Gasteiger partial charge in [0.1, 0.15) is 11.3 Å². The van der Waals surface area contributed by atoms with Crippen molar-refractivity contribution in [3.8, 4) is 17.0 Å². The minimum absolute atomic E-state index is 0.167. The van der Waals surface area contributed by atoms with Crippen molar-refractivity contribution in [2.24, 2.45) is 7.05 Å². The average molecular weight is 481 g/mol. The molecule has 4 aromatic rings. The smallest absolute Gasteiger partial charge is 0.347 e.